The van der Waals surface area contributed by atoms with Gasteiger partial charge in [0.1, 0.15) is 18.2 Å². The van der Waals surface area contributed by atoms with Crippen LogP contribution in [-0.4, -0.2) is 27.5 Å². The van der Waals surface area contributed by atoms with E-state index in [1.807, 2.05) is 0 Å². The zero-order valence-corrected chi connectivity index (χ0v) is 15.6. The van der Waals surface area contributed by atoms with Gasteiger partial charge in [0.05, 0.1) is 23.5 Å². The Labute approximate surface area is 161 Å². The molecule has 0 aliphatic carbocycles. The lowest BCUT2D eigenvalue weighted by atomic mass is 10.2. The molecule has 6 nitrogen and oxygen atoms in total. The minimum Gasteiger partial charge on any atom is -0.492 e. The number of benzene rings is 2. The third-order valence-electron chi connectivity index (χ3n) is 3.85. The highest BCUT2D eigenvalue weighted by Gasteiger charge is 2.22. The van der Waals surface area contributed by atoms with E-state index in [1.165, 1.54) is 42.7 Å². The fourth-order valence-electron chi connectivity index (χ4n) is 2.53. The van der Waals surface area contributed by atoms with Crippen LogP contribution in [0, 0.1) is 5.82 Å². The average Bonchev–Trinajstić information content (AvgIpc) is 3.13. The number of ether oxygens (including phenoxy) is 1. The van der Waals surface area contributed by atoms with Gasteiger partial charge in [-0.15, -0.1) is 0 Å². The van der Waals surface area contributed by atoms with Crippen LogP contribution in [0.15, 0.2) is 76.2 Å². The maximum absolute atomic E-state index is 13.1. The zero-order valence-electron chi connectivity index (χ0n) is 14.8. The van der Waals surface area contributed by atoms with E-state index in [0.717, 1.165) is 0 Å². The molecule has 0 aliphatic heterocycles. The van der Waals surface area contributed by atoms with Crippen LogP contribution in [0.2, 0.25) is 0 Å². The number of amides is 1. The van der Waals surface area contributed by atoms with E-state index in [1.54, 1.807) is 24.3 Å². The van der Waals surface area contributed by atoms with Crippen LogP contribution in [0.1, 0.15) is 16.1 Å². The molecule has 0 fully saturated rings. The first-order chi connectivity index (χ1) is 13.5. The summed E-state index contributed by atoms with van der Waals surface area (Å²) in [5.41, 5.74) is 0.271. The number of halogens is 1. The Morgan fingerprint density at radius 2 is 1.86 bits per heavy atom. The minimum absolute atomic E-state index is 0.0646. The highest BCUT2D eigenvalue weighted by atomic mass is 32.2. The summed E-state index contributed by atoms with van der Waals surface area (Å²) in [7, 11) is -3.60. The molecule has 146 valence electrons. The normalized spacial score (nSPS) is 11.2. The molecule has 3 rings (SSSR count). The summed E-state index contributed by atoms with van der Waals surface area (Å²) in [4.78, 5) is 12.5. The van der Waals surface area contributed by atoms with Gasteiger partial charge in [-0.05, 0) is 30.3 Å². The lowest BCUT2D eigenvalue weighted by Crippen LogP contribution is -2.28. The van der Waals surface area contributed by atoms with Crippen molar-refractivity contribution in [2.24, 2.45) is 0 Å². The average molecular weight is 403 g/mol. The number of furan rings is 1. The molecule has 0 saturated heterocycles. The molecule has 0 unspecified atom stereocenters. The highest BCUT2D eigenvalue weighted by Crippen LogP contribution is 2.20. The number of hydrogen-bond acceptors (Lipinski definition) is 5. The summed E-state index contributed by atoms with van der Waals surface area (Å²) in [5.74, 6) is -1.03. The predicted octanol–water partition coefficient (Wildman–Crippen LogP) is 3.20. The van der Waals surface area contributed by atoms with Gasteiger partial charge in [-0.2, -0.15) is 0 Å². The van der Waals surface area contributed by atoms with Gasteiger partial charge in [-0.1, -0.05) is 24.3 Å². The lowest BCUT2D eigenvalue weighted by molar-refractivity contribution is 0.0918. The van der Waals surface area contributed by atoms with Crippen LogP contribution in [0.3, 0.4) is 0 Å². The van der Waals surface area contributed by atoms with Crippen molar-refractivity contribution in [2.75, 3.05) is 13.2 Å². The molecular weight excluding hydrogens is 385 g/mol. The van der Waals surface area contributed by atoms with E-state index in [0.29, 0.717) is 5.75 Å². The highest BCUT2D eigenvalue weighted by molar-refractivity contribution is 7.90. The molecule has 1 heterocycles. The van der Waals surface area contributed by atoms with Crippen molar-refractivity contribution in [1.29, 1.82) is 0 Å². The summed E-state index contributed by atoms with van der Waals surface area (Å²) in [6, 6.07) is 15.1. The third-order valence-corrected chi connectivity index (χ3v) is 5.53. The quantitative estimate of drug-likeness (QED) is 0.584. The first kappa shape index (κ1) is 19.6. The molecule has 0 spiro atoms. The standard InChI is InChI=1S/C20H18FNO5S/c21-16-5-4-6-17(13-16)26-12-10-22-20(23)19-15(9-11-27-19)14-28(24,25)18-7-2-1-3-8-18/h1-9,11,13H,10,12,14H2,(H,22,23). The van der Waals surface area contributed by atoms with Crippen LogP contribution in [0.4, 0.5) is 4.39 Å². The van der Waals surface area contributed by atoms with Crippen molar-refractivity contribution >= 4 is 15.7 Å². The maximum Gasteiger partial charge on any atom is 0.287 e. The van der Waals surface area contributed by atoms with E-state index in [4.69, 9.17) is 9.15 Å². The van der Waals surface area contributed by atoms with Gasteiger partial charge in [-0.25, -0.2) is 12.8 Å². The molecule has 28 heavy (non-hydrogen) atoms. The van der Waals surface area contributed by atoms with Crippen LogP contribution in [0.25, 0.3) is 0 Å². The maximum atomic E-state index is 13.1. The molecule has 3 aromatic rings. The van der Waals surface area contributed by atoms with E-state index < -0.39 is 21.6 Å². The van der Waals surface area contributed by atoms with Gasteiger partial charge in [-0.3, -0.25) is 4.79 Å². The molecule has 1 aromatic heterocycles. The van der Waals surface area contributed by atoms with Crippen LogP contribution < -0.4 is 10.1 Å². The number of hydrogen-bond donors (Lipinski definition) is 1. The molecule has 1 amide bonds. The number of carbonyl (C=O) groups excluding carboxylic acids is 1. The van der Waals surface area contributed by atoms with Crippen molar-refractivity contribution in [1.82, 2.24) is 5.32 Å². The Kier molecular flexibility index (Phi) is 6.10. The second-order valence-corrected chi connectivity index (χ2v) is 7.90. The van der Waals surface area contributed by atoms with Gasteiger partial charge in [0, 0.05) is 11.6 Å². The van der Waals surface area contributed by atoms with Gasteiger partial charge >= 0.3 is 0 Å². The minimum atomic E-state index is -3.60. The number of rotatable bonds is 8. The fraction of sp³-hybridized carbons (Fsp3) is 0.150. The Hall–Kier alpha value is -3.13. The fourth-order valence-corrected chi connectivity index (χ4v) is 3.91. The summed E-state index contributed by atoms with van der Waals surface area (Å²) < 4.78 is 48.6. The van der Waals surface area contributed by atoms with Crippen molar-refractivity contribution in [3.8, 4) is 5.75 Å². The second-order valence-electron chi connectivity index (χ2n) is 5.91. The second kappa shape index (κ2) is 8.71. The summed E-state index contributed by atoms with van der Waals surface area (Å²) in [6.45, 7) is 0.258. The van der Waals surface area contributed by atoms with Crippen molar-refractivity contribution in [3.63, 3.8) is 0 Å². The van der Waals surface area contributed by atoms with Crippen LogP contribution in [-0.2, 0) is 15.6 Å². The van der Waals surface area contributed by atoms with Crippen molar-refractivity contribution < 1.29 is 26.8 Å². The van der Waals surface area contributed by atoms with Gasteiger partial charge in [0.25, 0.3) is 5.91 Å². The van der Waals surface area contributed by atoms with Crippen LogP contribution >= 0.6 is 0 Å². The Bertz CT molecular complexity index is 1050. The van der Waals surface area contributed by atoms with E-state index in [2.05, 4.69) is 5.32 Å². The number of carbonyl (C=O) groups is 1. The van der Waals surface area contributed by atoms with E-state index in [9.17, 15) is 17.6 Å². The first-order valence-electron chi connectivity index (χ1n) is 8.46. The molecule has 2 aromatic carbocycles. The van der Waals surface area contributed by atoms with E-state index >= 15 is 0 Å². The molecule has 0 aliphatic rings. The molecule has 0 atom stereocenters. The molecule has 1 N–H and O–H groups in total. The number of sulfone groups is 1. The summed E-state index contributed by atoms with van der Waals surface area (Å²) >= 11 is 0. The Morgan fingerprint density at radius 3 is 2.61 bits per heavy atom. The Morgan fingerprint density at radius 1 is 1.07 bits per heavy atom. The van der Waals surface area contributed by atoms with Gasteiger partial charge < -0.3 is 14.5 Å². The number of nitrogens with one attached hydrogen (secondary N) is 1. The monoisotopic (exact) mass is 403 g/mol. The molecule has 0 radical (unpaired) electrons. The molecule has 0 bridgehead atoms. The first-order valence-corrected chi connectivity index (χ1v) is 10.1. The van der Waals surface area contributed by atoms with Gasteiger partial charge in [0.2, 0.25) is 0 Å². The predicted molar refractivity (Wildman–Crippen MR) is 100 cm³/mol. The SMILES string of the molecule is O=C(NCCOc1cccc(F)c1)c1occc1CS(=O)(=O)c1ccccc1. The van der Waals surface area contributed by atoms with Crippen LogP contribution in [0.5, 0.6) is 5.75 Å². The third kappa shape index (κ3) is 4.98. The molecule has 8 heteroatoms. The smallest absolute Gasteiger partial charge is 0.287 e. The zero-order chi connectivity index (χ0) is 20.0. The summed E-state index contributed by atoms with van der Waals surface area (Å²) in [5, 5.41) is 2.59. The topological polar surface area (TPSA) is 85.6 Å². The molecule has 0 saturated carbocycles. The molecular formula is C20H18FNO5S. The largest absolute Gasteiger partial charge is 0.492 e. The lowest BCUT2D eigenvalue weighted by Gasteiger charge is -2.08. The summed E-state index contributed by atoms with van der Waals surface area (Å²) in [6.07, 6.45) is 1.27. The van der Waals surface area contributed by atoms with Crippen molar-refractivity contribution in [2.45, 2.75) is 10.6 Å². The van der Waals surface area contributed by atoms with Gasteiger partial charge in [0.15, 0.2) is 15.6 Å². The Balaban J connectivity index is 1.57. The van der Waals surface area contributed by atoms with Crippen molar-refractivity contribution in [3.05, 3.63) is 84.1 Å². The van der Waals surface area contributed by atoms with E-state index in [-0.39, 0.29) is 35.1 Å².